The van der Waals surface area contributed by atoms with Gasteiger partial charge in [0.1, 0.15) is 5.69 Å². The molecule has 7 nitrogen and oxygen atoms in total. The summed E-state index contributed by atoms with van der Waals surface area (Å²) in [5.41, 5.74) is 0.789. The Bertz CT molecular complexity index is 987. The molecule has 1 aromatic carbocycles. The molecule has 0 saturated heterocycles. The lowest BCUT2D eigenvalue weighted by Gasteiger charge is -2.12. The average Bonchev–Trinajstić information content (AvgIpc) is 3.05. The number of hydrogen-bond donors (Lipinski definition) is 2. The molecule has 1 atom stereocenters. The van der Waals surface area contributed by atoms with Crippen molar-refractivity contribution in [1.82, 2.24) is 15.0 Å². The van der Waals surface area contributed by atoms with E-state index >= 15 is 0 Å². The summed E-state index contributed by atoms with van der Waals surface area (Å²) in [6, 6.07) is 8.34. The number of H-pyrrole nitrogens is 2. The highest BCUT2D eigenvalue weighted by atomic mass is 16.5. The Balaban J connectivity index is 1.83. The van der Waals surface area contributed by atoms with Crippen LogP contribution in [-0.4, -0.2) is 26.7 Å². The molecule has 0 unspecified atom stereocenters. The van der Waals surface area contributed by atoms with Crippen molar-refractivity contribution in [2.45, 2.75) is 20.0 Å². The standard InChI is InChI=1S/C17H15N3O4/c1-9(21)11-7-14(18-8-11)17(23)24-10(2)15-19-13-6-4-3-5-12(13)16(22)20-15/h3-8,10,18H,1-2H3,(H,19,20,22)/t10-/m1/s1. The number of ketones is 1. The minimum Gasteiger partial charge on any atom is -0.450 e. The second-order valence-corrected chi connectivity index (χ2v) is 5.37. The summed E-state index contributed by atoms with van der Waals surface area (Å²) in [6.45, 7) is 3.02. The van der Waals surface area contributed by atoms with E-state index in [2.05, 4.69) is 15.0 Å². The Hall–Kier alpha value is -3.22. The summed E-state index contributed by atoms with van der Waals surface area (Å²) in [4.78, 5) is 45.1. The maximum atomic E-state index is 12.1. The molecule has 2 N–H and O–H groups in total. The molecule has 0 aliphatic carbocycles. The minimum atomic E-state index is -0.751. The number of rotatable bonds is 4. The molecule has 0 saturated carbocycles. The summed E-state index contributed by atoms with van der Waals surface area (Å²) in [7, 11) is 0. The third-order valence-corrected chi connectivity index (χ3v) is 3.61. The van der Waals surface area contributed by atoms with Gasteiger partial charge in [-0.3, -0.25) is 9.59 Å². The number of Topliss-reactive ketones (excluding diaryl/α,β-unsaturated/α-hetero) is 1. The second-order valence-electron chi connectivity index (χ2n) is 5.37. The van der Waals surface area contributed by atoms with Crippen molar-refractivity contribution in [3.05, 3.63) is 64.0 Å². The smallest absolute Gasteiger partial charge is 0.355 e. The maximum absolute atomic E-state index is 12.1. The molecule has 0 amide bonds. The van der Waals surface area contributed by atoms with Gasteiger partial charge < -0.3 is 14.7 Å². The lowest BCUT2D eigenvalue weighted by molar-refractivity contribution is 0.0314. The number of ether oxygens (including phenoxy) is 1. The molecule has 3 aromatic rings. The number of fused-ring (bicyclic) bond motifs is 1. The number of aromatic nitrogens is 3. The van der Waals surface area contributed by atoms with Gasteiger partial charge in [-0.25, -0.2) is 9.78 Å². The largest absolute Gasteiger partial charge is 0.450 e. The first kappa shape index (κ1) is 15.7. The Labute approximate surface area is 136 Å². The van der Waals surface area contributed by atoms with E-state index in [4.69, 9.17) is 4.74 Å². The first-order valence-corrected chi connectivity index (χ1v) is 7.35. The van der Waals surface area contributed by atoms with Gasteiger partial charge in [-0.2, -0.15) is 0 Å². The molecule has 0 aliphatic rings. The van der Waals surface area contributed by atoms with Gasteiger partial charge in [-0.1, -0.05) is 12.1 Å². The normalized spacial score (nSPS) is 12.1. The fourth-order valence-electron chi connectivity index (χ4n) is 2.29. The van der Waals surface area contributed by atoms with Crippen molar-refractivity contribution in [1.29, 1.82) is 0 Å². The molecular weight excluding hydrogens is 310 g/mol. The maximum Gasteiger partial charge on any atom is 0.355 e. The third kappa shape index (κ3) is 2.96. The van der Waals surface area contributed by atoms with E-state index in [1.54, 1.807) is 31.2 Å². The number of esters is 1. The van der Waals surface area contributed by atoms with Crippen LogP contribution in [0.1, 0.15) is 46.6 Å². The molecule has 0 radical (unpaired) electrons. The Morgan fingerprint density at radius 2 is 2.00 bits per heavy atom. The number of carbonyl (C=O) groups is 2. The second kappa shape index (κ2) is 6.11. The number of nitrogens with one attached hydrogen (secondary N) is 2. The molecule has 7 heteroatoms. The summed E-state index contributed by atoms with van der Waals surface area (Å²) in [5.74, 6) is -0.532. The number of carbonyl (C=O) groups excluding carboxylic acids is 2. The minimum absolute atomic E-state index is 0.154. The van der Waals surface area contributed by atoms with Gasteiger partial charge >= 0.3 is 5.97 Å². The zero-order chi connectivity index (χ0) is 17.3. The van der Waals surface area contributed by atoms with Gasteiger partial charge in [0.2, 0.25) is 0 Å². The summed E-state index contributed by atoms with van der Waals surface area (Å²) in [5, 5.41) is 0.468. The van der Waals surface area contributed by atoms with E-state index in [9.17, 15) is 14.4 Å². The van der Waals surface area contributed by atoms with Crippen LogP contribution in [0.15, 0.2) is 41.3 Å². The first-order chi connectivity index (χ1) is 11.5. The molecule has 0 bridgehead atoms. The molecule has 2 aromatic heterocycles. The Morgan fingerprint density at radius 3 is 2.71 bits per heavy atom. The average molecular weight is 325 g/mol. The zero-order valence-electron chi connectivity index (χ0n) is 13.1. The summed E-state index contributed by atoms with van der Waals surface area (Å²) < 4.78 is 5.31. The highest BCUT2D eigenvalue weighted by Crippen LogP contribution is 2.16. The number of para-hydroxylation sites is 1. The lowest BCUT2D eigenvalue weighted by Crippen LogP contribution is -2.17. The van der Waals surface area contributed by atoms with Crippen molar-refractivity contribution in [2.75, 3.05) is 0 Å². The van der Waals surface area contributed by atoms with Crippen molar-refractivity contribution in [3.8, 4) is 0 Å². The van der Waals surface area contributed by atoms with Crippen LogP contribution in [0.5, 0.6) is 0 Å². The molecule has 24 heavy (non-hydrogen) atoms. The number of nitrogens with zero attached hydrogens (tertiary/aromatic N) is 1. The van der Waals surface area contributed by atoms with Gasteiger partial charge in [0, 0.05) is 11.8 Å². The number of aromatic amines is 2. The van der Waals surface area contributed by atoms with Gasteiger partial charge in [-0.05, 0) is 32.0 Å². The van der Waals surface area contributed by atoms with Gasteiger partial charge in [-0.15, -0.1) is 0 Å². The summed E-state index contributed by atoms with van der Waals surface area (Å²) >= 11 is 0. The predicted octanol–water partition coefficient (Wildman–Crippen LogP) is 2.37. The van der Waals surface area contributed by atoms with Crippen LogP contribution < -0.4 is 5.56 Å². The molecule has 0 fully saturated rings. The Kier molecular flexibility index (Phi) is 3.99. The van der Waals surface area contributed by atoms with E-state index in [0.29, 0.717) is 16.5 Å². The van der Waals surface area contributed by atoms with E-state index in [-0.39, 0.29) is 22.9 Å². The topological polar surface area (TPSA) is 105 Å². The zero-order valence-corrected chi connectivity index (χ0v) is 13.1. The first-order valence-electron chi connectivity index (χ1n) is 7.35. The van der Waals surface area contributed by atoms with Crippen LogP contribution in [0.3, 0.4) is 0 Å². The molecule has 122 valence electrons. The highest BCUT2D eigenvalue weighted by molar-refractivity contribution is 5.97. The van der Waals surface area contributed by atoms with E-state index < -0.39 is 12.1 Å². The van der Waals surface area contributed by atoms with Crippen molar-refractivity contribution in [3.63, 3.8) is 0 Å². The van der Waals surface area contributed by atoms with Crippen LogP contribution in [-0.2, 0) is 4.74 Å². The molecule has 0 aliphatic heterocycles. The predicted molar refractivity (Wildman–Crippen MR) is 87.0 cm³/mol. The van der Waals surface area contributed by atoms with Crippen molar-refractivity contribution in [2.24, 2.45) is 0 Å². The van der Waals surface area contributed by atoms with Crippen LogP contribution in [0.4, 0.5) is 0 Å². The highest BCUT2D eigenvalue weighted by Gasteiger charge is 2.18. The van der Waals surface area contributed by atoms with E-state index in [1.165, 1.54) is 19.2 Å². The van der Waals surface area contributed by atoms with Gasteiger partial charge in [0.05, 0.1) is 10.9 Å². The molecule has 0 spiro atoms. The molecular formula is C17H15N3O4. The fraction of sp³-hybridized carbons (Fsp3) is 0.176. The van der Waals surface area contributed by atoms with Crippen molar-refractivity contribution < 1.29 is 14.3 Å². The summed E-state index contributed by atoms with van der Waals surface area (Å²) in [6.07, 6.45) is 0.693. The van der Waals surface area contributed by atoms with Crippen LogP contribution in [0.25, 0.3) is 10.9 Å². The fourth-order valence-corrected chi connectivity index (χ4v) is 2.29. The van der Waals surface area contributed by atoms with Crippen LogP contribution in [0.2, 0.25) is 0 Å². The van der Waals surface area contributed by atoms with Crippen molar-refractivity contribution >= 4 is 22.7 Å². The van der Waals surface area contributed by atoms with Crippen LogP contribution in [0, 0.1) is 0 Å². The lowest BCUT2D eigenvalue weighted by atomic mass is 10.2. The SMILES string of the molecule is CC(=O)c1c[nH]c(C(=O)O[C@H](C)c2nc3ccccc3c(=O)[nH]2)c1. The monoisotopic (exact) mass is 325 g/mol. The Morgan fingerprint density at radius 1 is 1.25 bits per heavy atom. The van der Waals surface area contributed by atoms with Gasteiger partial charge in [0.25, 0.3) is 5.56 Å². The van der Waals surface area contributed by atoms with Crippen LogP contribution >= 0.6 is 0 Å². The third-order valence-electron chi connectivity index (χ3n) is 3.61. The number of hydrogen-bond acceptors (Lipinski definition) is 5. The molecule has 2 heterocycles. The quantitative estimate of drug-likeness (QED) is 0.566. The van der Waals surface area contributed by atoms with E-state index in [1.807, 2.05) is 0 Å². The van der Waals surface area contributed by atoms with E-state index in [0.717, 1.165) is 0 Å². The van der Waals surface area contributed by atoms with Gasteiger partial charge in [0.15, 0.2) is 17.7 Å². The molecule has 3 rings (SSSR count). The number of benzene rings is 1.